The van der Waals surface area contributed by atoms with Crippen LogP contribution in [0, 0.1) is 5.41 Å². The Kier molecular flexibility index (Phi) is 13.5. The molecule has 0 amide bonds. The Hall–Kier alpha value is -0.330. The summed E-state index contributed by atoms with van der Waals surface area (Å²) in [5, 5.41) is 6.19. The molecule has 0 aliphatic carbocycles. The Morgan fingerprint density at radius 1 is 1.83 bits per heavy atom. The highest BCUT2D eigenvalue weighted by molar-refractivity contribution is 5.85. The molecular formula is C3H7ClN2. The first-order valence-corrected chi connectivity index (χ1v) is 1.50. The molecule has 0 radical (unpaired) electrons. The Balaban J connectivity index is 0. The molecule has 0 aromatic carbocycles. The zero-order valence-corrected chi connectivity index (χ0v) is 4.38. The second-order valence-electron chi connectivity index (χ2n) is 0.586. The zero-order chi connectivity index (χ0) is 4.12. The monoisotopic (exact) mass is 106 g/mol. The lowest BCUT2D eigenvalue weighted by Gasteiger charge is -1.60. The molecule has 6 heavy (non-hydrogen) atoms. The highest BCUT2D eigenvalue weighted by Gasteiger charge is 1.49. The van der Waals surface area contributed by atoms with Gasteiger partial charge in [-0.15, -0.1) is 12.4 Å². The van der Waals surface area contributed by atoms with Crippen LogP contribution in [0.2, 0.25) is 0 Å². The second kappa shape index (κ2) is 8.82. The van der Waals surface area contributed by atoms with E-state index >= 15 is 0 Å². The third-order valence-corrected chi connectivity index (χ3v) is 0.237. The number of rotatable bonds is 1. The minimum absolute atomic E-state index is 0. The van der Waals surface area contributed by atoms with Crippen molar-refractivity contribution in [3.63, 3.8) is 0 Å². The molecule has 0 unspecified atom stereocenters. The Morgan fingerprint density at radius 3 is 2.33 bits per heavy atom. The predicted octanol–water partition coefficient (Wildman–Crippen LogP) is 1.18. The molecule has 1 N–H and O–H groups in total. The van der Waals surface area contributed by atoms with Gasteiger partial charge in [0.05, 0.1) is 6.01 Å². The van der Waals surface area contributed by atoms with Crippen molar-refractivity contribution in [2.75, 3.05) is 6.54 Å². The molecule has 0 atom stereocenters. The van der Waals surface area contributed by atoms with Crippen molar-refractivity contribution < 1.29 is 0 Å². The molecule has 0 saturated carbocycles. The van der Waals surface area contributed by atoms with E-state index in [1.165, 1.54) is 0 Å². The molecule has 0 saturated heterocycles. The molecule has 2 nitrogen and oxygen atoms in total. The lowest BCUT2D eigenvalue weighted by atomic mass is 10.8. The smallest absolute Gasteiger partial charge is 0.0861 e. The van der Waals surface area contributed by atoms with Gasteiger partial charge in [-0.3, -0.25) is 0 Å². The maximum absolute atomic E-state index is 6.19. The molecule has 36 valence electrons. The normalized spacial score (nSPS) is 4.83. The number of halogens is 1. The molecule has 0 bridgehead atoms. The summed E-state index contributed by atoms with van der Waals surface area (Å²) >= 11 is 0. The molecule has 0 rings (SSSR count). The molecule has 0 spiro atoms. The van der Waals surface area contributed by atoms with Gasteiger partial charge < -0.3 is 0 Å². The first-order chi connectivity index (χ1) is 2.41. The lowest BCUT2D eigenvalue weighted by molar-refractivity contribution is 1.14. The maximum Gasteiger partial charge on any atom is 0.0861 e. The largest absolute Gasteiger partial charge is 0.242 e. The second-order valence-corrected chi connectivity index (χ2v) is 0.586. The van der Waals surface area contributed by atoms with Crippen LogP contribution in [0.1, 0.15) is 6.92 Å². The van der Waals surface area contributed by atoms with E-state index in [1.54, 1.807) is 0 Å². The van der Waals surface area contributed by atoms with Crippen LogP contribution < -0.4 is 0 Å². The van der Waals surface area contributed by atoms with Crippen LogP contribution in [0.25, 0.3) is 0 Å². The summed E-state index contributed by atoms with van der Waals surface area (Å²) in [7, 11) is 0. The molecule has 0 heterocycles. The topological polar surface area (TPSA) is 36.2 Å². The van der Waals surface area contributed by atoms with Gasteiger partial charge in [0.1, 0.15) is 0 Å². The average molecular weight is 107 g/mol. The minimum atomic E-state index is 0. The summed E-state index contributed by atoms with van der Waals surface area (Å²) in [6, 6.07) is 1.89. The maximum atomic E-state index is 6.19. The molecule has 3 heteroatoms. The van der Waals surface area contributed by atoms with Gasteiger partial charge in [0.15, 0.2) is 0 Å². The quantitative estimate of drug-likeness (QED) is 0.488. The Bertz CT molecular complexity index is 55.8. The van der Waals surface area contributed by atoms with Crippen molar-refractivity contribution >= 4 is 18.4 Å². The zero-order valence-electron chi connectivity index (χ0n) is 3.56. The van der Waals surface area contributed by atoms with Crippen LogP contribution in [-0.4, -0.2) is 12.6 Å². The van der Waals surface area contributed by atoms with E-state index in [2.05, 4.69) is 4.99 Å². The number of hydrogen-bond donors (Lipinski definition) is 1. The van der Waals surface area contributed by atoms with E-state index in [-0.39, 0.29) is 12.4 Å². The summed E-state index contributed by atoms with van der Waals surface area (Å²) in [5.74, 6) is 0. The van der Waals surface area contributed by atoms with Crippen molar-refractivity contribution in [2.45, 2.75) is 6.92 Å². The number of nitrogens with zero attached hydrogens (tertiary/aromatic N) is 1. The van der Waals surface area contributed by atoms with E-state index < -0.39 is 0 Å². The molecule has 0 aromatic heterocycles. The summed E-state index contributed by atoms with van der Waals surface area (Å²) in [6.45, 7) is 2.53. The van der Waals surface area contributed by atoms with Crippen molar-refractivity contribution in [1.29, 1.82) is 5.41 Å². The molecule has 0 fully saturated rings. The van der Waals surface area contributed by atoms with Crippen LogP contribution in [-0.2, 0) is 0 Å². The van der Waals surface area contributed by atoms with E-state index in [9.17, 15) is 0 Å². The fourth-order valence-electron chi connectivity index (χ4n) is 0.0791. The van der Waals surface area contributed by atoms with Gasteiger partial charge in [0.25, 0.3) is 0 Å². The average Bonchev–Trinajstić information content (AvgIpc) is 1.41. The van der Waals surface area contributed by atoms with Crippen molar-refractivity contribution in [2.24, 2.45) is 4.99 Å². The summed E-state index contributed by atoms with van der Waals surface area (Å²) in [6.07, 6.45) is 0. The summed E-state index contributed by atoms with van der Waals surface area (Å²) in [5.41, 5.74) is 0. The van der Waals surface area contributed by atoms with Gasteiger partial charge in [-0.2, -0.15) is 0 Å². The van der Waals surface area contributed by atoms with E-state index in [0.717, 1.165) is 0 Å². The number of aliphatic imine (C=N–C) groups is 1. The van der Waals surface area contributed by atoms with Crippen molar-refractivity contribution in [3.05, 3.63) is 0 Å². The third-order valence-electron chi connectivity index (χ3n) is 0.237. The summed E-state index contributed by atoms with van der Waals surface area (Å²) in [4.78, 5) is 3.39. The predicted molar refractivity (Wildman–Crippen MR) is 27.9 cm³/mol. The van der Waals surface area contributed by atoms with Gasteiger partial charge in [-0.05, 0) is 6.92 Å². The first kappa shape index (κ1) is 9.18. The van der Waals surface area contributed by atoms with Gasteiger partial charge in [-0.1, -0.05) is 0 Å². The van der Waals surface area contributed by atoms with E-state index in [0.29, 0.717) is 6.54 Å². The standard InChI is InChI=1S/C3H6N2.ClH/c1-2-5-3-4;/h4H,2H2,1H3;1H. The van der Waals surface area contributed by atoms with Gasteiger partial charge in [-0.25, -0.2) is 10.4 Å². The van der Waals surface area contributed by atoms with Crippen LogP contribution in [0.5, 0.6) is 0 Å². The highest BCUT2D eigenvalue weighted by Crippen LogP contribution is 1.53. The molecule has 0 aliphatic rings. The Morgan fingerprint density at radius 2 is 2.33 bits per heavy atom. The minimum Gasteiger partial charge on any atom is -0.242 e. The molecular weight excluding hydrogens is 99.5 g/mol. The van der Waals surface area contributed by atoms with Gasteiger partial charge in [0.2, 0.25) is 0 Å². The fraction of sp³-hybridized carbons (Fsp3) is 0.667. The lowest BCUT2D eigenvalue weighted by Crippen LogP contribution is -1.58. The Labute approximate surface area is 43.2 Å². The first-order valence-electron chi connectivity index (χ1n) is 1.50. The van der Waals surface area contributed by atoms with E-state index in [1.807, 2.05) is 12.9 Å². The number of nitrogens with one attached hydrogen (secondary N) is 1. The van der Waals surface area contributed by atoms with E-state index in [4.69, 9.17) is 5.41 Å². The SMILES string of the molecule is CCN=C=N.Cl. The van der Waals surface area contributed by atoms with Crippen LogP contribution >= 0.6 is 12.4 Å². The molecule has 0 aliphatic heterocycles. The summed E-state index contributed by atoms with van der Waals surface area (Å²) < 4.78 is 0. The van der Waals surface area contributed by atoms with Crippen LogP contribution in [0.4, 0.5) is 0 Å². The fourth-order valence-corrected chi connectivity index (χ4v) is 0.0791. The van der Waals surface area contributed by atoms with Gasteiger partial charge >= 0.3 is 0 Å². The number of hydrogen-bond acceptors (Lipinski definition) is 2. The highest BCUT2D eigenvalue weighted by atomic mass is 35.5. The van der Waals surface area contributed by atoms with Gasteiger partial charge in [0, 0.05) is 6.54 Å². The van der Waals surface area contributed by atoms with Crippen LogP contribution in [0.3, 0.4) is 0 Å². The van der Waals surface area contributed by atoms with Crippen molar-refractivity contribution in [3.8, 4) is 0 Å². The van der Waals surface area contributed by atoms with Crippen LogP contribution in [0.15, 0.2) is 4.99 Å². The van der Waals surface area contributed by atoms with Crippen molar-refractivity contribution in [1.82, 2.24) is 0 Å². The third kappa shape index (κ3) is 9.38. The molecule has 0 aromatic rings.